The quantitative estimate of drug-likeness (QED) is 0.460. The molecule has 1 aliphatic rings. The molecule has 3 aromatic carbocycles. The predicted octanol–water partition coefficient (Wildman–Crippen LogP) is 5.09. The number of rotatable bonds is 7. The Morgan fingerprint density at radius 2 is 1.73 bits per heavy atom. The molecule has 33 heavy (non-hydrogen) atoms. The summed E-state index contributed by atoms with van der Waals surface area (Å²) in [6.07, 6.45) is 0. The molecule has 4 amide bonds. The van der Waals surface area contributed by atoms with E-state index in [9.17, 15) is 9.59 Å². The summed E-state index contributed by atoms with van der Waals surface area (Å²) in [5, 5.41) is 0.647. The third-order valence-corrected chi connectivity index (χ3v) is 5.99. The number of benzene rings is 3. The number of halogens is 1. The summed E-state index contributed by atoms with van der Waals surface area (Å²) in [4.78, 5) is 27.7. The van der Waals surface area contributed by atoms with Crippen LogP contribution in [0.5, 0.6) is 5.75 Å². The van der Waals surface area contributed by atoms with Gasteiger partial charge in [0.05, 0.1) is 5.69 Å². The molecule has 0 aliphatic carbocycles. The monoisotopic (exact) mass is 482 g/mol. The third-order valence-electron chi connectivity index (χ3n) is 5.31. The van der Waals surface area contributed by atoms with Crippen molar-refractivity contribution in [1.29, 1.82) is 0 Å². The largest absolute Gasteiger partial charge is 0.489 e. The van der Waals surface area contributed by atoms with Crippen LogP contribution in [0.25, 0.3) is 0 Å². The van der Waals surface area contributed by atoms with Crippen molar-refractivity contribution in [1.82, 2.24) is 4.90 Å². The molecule has 1 saturated heterocycles. The molecule has 4 rings (SSSR count). The van der Waals surface area contributed by atoms with Gasteiger partial charge in [-0.15, -0.1) is 0 Å². The average molecular weight is 483 g/mol. The van der Waals surface area contributed by atoms with Gasteiger partial charge in [0.1, 0.15) is 12.4 Å². The summed E-state index contributed by atoms with van der Waals surface area (Å²) in [5.74, 6) is 0.599. The van der Waals surface area contributed by atoms with Crippen molar-refractivity contribution in [2.45, 2.75) is 13.2 Å². The van der Waals surface area contributed by atoms with Crippen molar-refractivity contribution < 1.29 is 14.3 Å². The number of nitrogens with two attached hydrogens (primary N) is 1. The highest BCUT2D eigenvalue weighted by Gasteiger charge is 2.29. The Balaban J connectivity index is 1.33. The first kappa shape index (κ1) is 22.8. The van der Waals surface area contributed by atoms with E-state index < -0.39 is 6.03 Å². The van der Waals surface area contributed by atoms with Crippen molar-refractivity contribution in [3.05, 3.63) is 88.9 Å². The molecular formula is C24H23ClN4O3S. The summed E-state index contributed by atoms with van der Waals surface area (Å²) < 4.78 is 6.88. The van der Waals surface area contributed by atoms with Crippen LogP contribution in [-0.2, 0) is 13.2 Å². The maximum Gasteiger partial charge on any atom is 0.329 e. The van der Waals surface area contributed by atoms with Gasteiger partial charge >= 0.3 is 12.1 Å². The van der Waals surface area contributed by atoms with E-state index in [-0.39, 0.29) is 6.03 Å². The van der Waals surface area contributed by atoms with Gasteiger partial charge in [0, 0.05) is 36.4 Å². The topological polar surface area (TPSA) is 79.1 Å². The normalized spacial score (nSPS) is 13.3. The summed E-state index contributed by atoms with van der Waals surface area (Å²) in [7, 11) is 0. The highest BCUT2D eigenvalue weighted by molar-refractivity contribution is 7.82. The number of ether oxygens (including phenoxy) is 1. The van der Waals surface area contributed by atoms with Crippen LogP contribution < -0.4 is 19.7 Å². The number of urea groups is 2. The molecule has 0 saturated carbocycles. The van der Waals surface area contributed by atoms with E-state index in [1.54, 1.807) is 41.3 Å². The zero-order chi connectivity index (χ0) is 23.4. The summed E-state index contributed by atoms with van der Waals surface area (Å²) in [6, 6.07) is 21.5. The minimum Gasteiger partial charge on any atom is -0.489 e. The summed E-state index contributed by atoms with van der Waals surface area (Å²) in [6.45, 7) is 2.21. The van der Waals surface area contributed by atoms with E-state index in [0.717, 1.165) is 21.1 Å². The first-order valence-electron chi connectivity index (χ1n) is 10.3. The molecule has 3 aromatic rings. The van der Waals surface area contributed by atoms with E-state index >= 15 is 0 Å². The number of carbonyl (C=O) groups is 2. The van der Waals surface area contributed by atoms with Crippen LogP contribution in [0.15, 0.2) is 72.8 Å². The molecule has 0 atom stereocenters. The third kappa shape index (κ3) is 5.53. The fourth-order valence-electron chi connectivity index (χ4n) is 3.55. The molecule has 0 spiro atoms. The van der Waals surface area contributed by atoms with E-state index in [0.29, 0.717) is 42.7 Å². The van der Waals surface area contributed by atoms with Gasteiger partial charge in [-0.2, -0.15) is 0 Å². The van der Waals surface area contributed by atoms with E-state index in [1.807, 2.05) is 41.3 Å². The highest BCUT2D eigenvalue weighted by Crippen LogP contribution is 2.25. The van der Waals surface area contributed by atoms with Crippen molar-refractivity contribution >= 4 is 47.9 Å². The van der Waals surface area contributed by atoms with Crippen LogP contribution in [0.1, 0.15) is 11.1 Å². The van der Waals surface area contributed by atoms with Crippen LogP contribution in [0.2, 0.25) is 5.02 Å². The minimum atomic E-state index is -0.668. The number of anilines is 2. The molecular weight excluding hydrogens is 460 g/mol. The standard InChI is InChI=1S/C24H23ClN4O3S/c25-19-8-10-20(11-9-19)28-13-12-27(24(28)31)15-17-4-6-18(7-5-17)16-32-22-3-1-2-21(14-22)29(33)23(26)30/h1-11,14,33H,12-13,15-16H2,(H2,26,30). The molecule has 2 N–H and O–H groups in total. The molecule has 0 unspecified atom stereocenters. The van der Waals surface area contributed by atoms with Crippen molar-refractivity contribution in [3.63, 3.8) is 0 Å². The lowest BCUT2D eigenvalue weighted by Gasteiger charge is -2.19. The number of carbonyl (C=O) groups excluding carboxylic acids is 2. The fraction of sp³-hybridized carbons (Fsp3) is 0.167. The van der Waals surface area contributed by atoms with Gasteiger partial charge in [-0.05, 0) is 47.5 Å². The fourth-order valence-corrected chi connectivity index (χ4v) is 3.80. The number of nitrogens with zero attached hydrogens (tertiary/aromatic N) is 3. The molecule has 1 aliphatic heterocycles. The van der Waals surface area contributed by atoms with Gasteiger partial charge in [0.2, 0.25) is 0 Å². The molecule has 7 nitrogen and oxygen atoms in total. The van der Waals surface area contributed by atoms with Crippen LogP contribution in [0.4, 0.5) is 21.0 Å². The minimum absolute atomic E-state index is 0.0150. The van der Waals surface area contributed by atoms with Gasteiger partial charge in [0.15, 0.2) is 0 Å². The van der Waals surface area contributed by atoms with Crippen molar-refractivity contribution in [2.24, 2.45) is 5.73 Å². The first-order valence-corrected chi connectivity index (χ1v) is 11.1. The van der Waals surface area contributed by atoms with Gasteiger partial charge in [0.25, 0.3) is 0 Å². The maximum atomic E-state index is 12.8. The van der Waals surface area contributed by atoms with Gasteiger partial charge in [-0.3, -0.25) is 4.90 Å². The highest BCUT2D eigenvalue weighted by atomic mass is 35.5. The predicted molar refractivity (Wildman–Crippen MR) is 133 cm³/mol. The number of amides is 4. The number of thiol groups is 1. The lowest BCUT2D eigenvalue weighted by molar-refractivity contribution is 0.218. The second-order valence-corrected chi connectivity index (χ2v) is 8.42. The Hall–Kier alpha value is -3.36. The summed E-state index contributed by atoms with van der Waals surface area (Å²) in [5.41, 5.74) is 8.65. The van der Waals surface area contributed by atoms with Crippen molar-refractivity contribution in [2.75, 3.05) is 22.3 Å². The van der Waals surface area contributed by atoms with E-state index in [4.69, 9.17) is 22.1 Å². The Morgan fingerprint density at radius 3 is 2.42 bits per heavy atom. The molecule has 170 valence electrons. The SMILES string of the molecule is NC(=O)N(S)c1cccc(OCc2ccc(CN3CCN(c4ccc(Cl)cc4)C3=O)cc2)c1. The average Bonchev–Trinajstić information content (AvgIpc) is 3.18. The number of hydrogen-bond donors (Lipinski definition) is 2. The molecule has 9 heteroatoms. The molecule has 0 bridgehead atoms. The Bertz CT molecular complexity index is 1140. The van der Waals surface area contributed by atoms with Gasteiger partial charge in [-0.25, -0.2) is 13.9 Å². The van der Waals surface area contributed by atoms with Gasteiger partial charge < -0.3 is 15.4 Å². The zero-order valence-corrected chi connectivity index (χ0v) is 19.4. The van der Waals surface area contributed by atoms with E-state index in [2.05, 4.69) is 12.8 Å². The maximum absolute atomic E-state index is 12.8. The van der Waals surface area contributed by atoms with Crippen LogP contribution in [0.3, 0.4) is 0 Å². The smallest absolute Gasteiger partial charge is 0.329 e. The van der Waals surface area contributed by atoms with Crippen molar-refractivity contribution in [3.8, 4) is 5.75 Å². The number of hydrogen-bond acceptors (Lipinski definition) is 4. The molecule has 0 aromatic heterocycles. The van der Waals surface area contributed by atoms with Crippen LogP contribution >= 0.6 is 24.4 Å². The zero-order valence-electron chi connectivity index (χ0n) is 17.7. The number of primary amides is 1. The summed E-state index contributed by atoms with van der Waals surface area (Å²) >= 11 is 10.0. The Labute approximate surface area is 202 Å². The lowest BCUT2D eigenvalue weighted by atomic mass is 10.1. The Morgan fingerprint density at radius 1 is 1.03 bits per heavy atom. The molecule has 1 heterocycles. The van der Waals surface area contributed by atoms with Crippen LogP contribution in [0, 0.1) is 0 Å². The van der Waals surface area contributed by atoms with E-state index in [1.165, 1.54) is 0 Å². The second kappa shape index (κ2) is 10.1. The second-order valence-electron chi connectivity index (χ2n) is 7.58. The molecule has 0 radical (unpaired) electrons. The van der Waals surface area contributed by atoms with Crippen LogP contribution in [-0.4, -0.2) is 30.1 Å². The first-order chi connectivity index (χ1) is 15.9. The Kier molecular flexibility index (Phi) is 6.96. The lowest BCUT2D eigenvalue weighted by Crippen LogP contribution is -2.31. The van der Waals surface area contributed by atoms with Gasteiger partial charge in [-0.1, -0.05) is 54.7 Å². The molecule has 1 fully saturated rings.